The number of halogens is 3. The van der Waals surface area contributed by atoms with Crippen molar-refractivity contribution in [1.82, 2.24) is 5.32 Å². The maximum absolute atomic E-state index is 12.9. The van der Waals surface area contributed by atoms with Crippen LogP contribution < -0.4 is 5.32 Å². The van der Waals surface area contributed by atoms with Crippen molar-refractivity contribution in [3.8, 4) is 0 Å². The van der Waals surface area contributed by atoms with Crippen molar-refractivity contribution >= 4 is 33.4 Å². The molecule has 0 bridgehead atoms. The summed E-state index contributed by atoms with van der Waals surface area (Å²) in [6, 6.07) is 3.97. The maximum atomic E-state index is 12.9. The van der Waals surface area contributed by atoms with Gasteiger partial charge in [-0.15, -0.1) is 0 Å². The fraction of sp³-hybridized carbons (Fsp3) is 0.364. The first-order valence-electron chi connectivity index (χ1n) is 4.90. The van der Waals surface area contributed by atoms with Crippen LogP contribution in [0.4, 0.5) is 4.39 Å². The molecule has 86 valence electrons. The van der Waals surface area contributed by atoms with E-state index in [1.165, 1.54) is 18.2 Å². The Morgan fingerprint density at radius 2 is 2.25 bits per heavy atom. The topological polar surface area (TPSA) is 29.1 Å². The molecule has 1 aromatic carbocycles. The summed E-state index contributed by atoms with van der Waals surface area (Å²) in [7, 11) is 0. The third-order valence-corrected chi connectivity index (χ3v) is 4.03. The van der Waals surface area contributed by atoms with Crippen LogP contribution in [-0.2, 0) is 0 Å². The zero-order valence-corrected chi connectivity index (χ0v) is 10.7. The van der Waals surface area contributed by atoms with E-state index < -0.39 is 5.82 Å². The van der Waals surface area contributed by atoms with E-state index in [-0.39, 0.29) is 16.5 Å². The van der Waals surface area contributed by atoms with Crippen LogP contribution in [-0.4, -0.2) is 16.8 Å². The van der Waals surface area contributed by atoms with E-state index in [2.05, 4.69) is 21.2 Å². The van der Waals surface area contributed by atoms with Gasteiger partial charge >= 0.3 is 0 Å². The highest BCUT2D eigenvalue weighted by molar-refractivity contribution is 9.09. The minimum atomic E-state index is -0.514. The van der Waals surface area contributed by atoms with Crippen LogP contribution in [0.1, 0.15) is 23.2 Å². The zero-order chi connectivity index (χ0) is 11.8. The molecule has 0 aliphatic heterocycles. The van der Waals surface area contributed by atoms with Crippen molar-refractivity contribution in [1.29, 1.82) is 0 Å². The first-order valence-corrected chi connectivity index (χ1v) is 6.40. The maximum Gasteiger partial charge on any atom is 0.251 e. The van der Waals surface area contributed by atoms with Crippen molar-refractivity contribution in [2.45, 2.75) is 18.4 Å². The molecule has 0 heterocycles. The molecule has 0 saturated heterocycles. The van der Waals surface area contributed by atoms with Gasteiger partial charge in [-0.1, -0.05) is 27.5 Å². The standard InChI is InChI=1S/C11H10BrClFNO/c12-6-11(3-4-11)15-10(16)7-1-2-9(14)8(13)5-7/h1-2,5H,3-4,6H2,(H,15,16). The number of alkyl halides is 1. The molecule has 0 radical (unpaired) electrons. The molecule has 1 amide bonds. The fourth-order valence-corrected chi connectivity index (χ4v) is 2.27. The lowest BCUT2D eigenvalue weighted by Gasteiger charge is -2.14. The van der Waals surface area contributed by atoms with Gasteiger partial charge < -0.3 is 5.32 Å². The SMILES string of the molecule is O=C(NC1(CBr)CC1)c1ccc(F)c(Cl)c1. The molecule has 1 aliphatic carbocycles. The molecule has 1 aliphatic rings. The second-order valence-corrected chi connectivity index (χ2v) is 4.96. The van der Waals surface area contributed by atoms with Crippen LogP contribution in [0.3, 0.4) is 0 Å². The van der Waals surface area contributed by atoms with Crippen molar-refractivity contribution in [3.05, 3.63) is 34.6 Å². The molecule has 1 N–H and O–H groups in total. The van der Waals surface area contributed by atoms with E-state index in [9.17, 15) is 9.18 Å². The largest absolute Gasteiger partial charge is 0.346 e. The summed E-state index contributed by atoms with van der Waals surface area (Å²) >= 11 is 8.97. The number of hydrogen-bond acceptors (Lipinski definition) is 1. The van der Waals surface area contributed by atoms with E-state index in [4.69, 9.17) is 11.6 Å². The number of amides is 1. The summed E-state index contributed by atoms with van der Waals surface area (Å²) in [6.07, 6.45) is 1.94. The van der Waals surface area contributed by atoms with Crippen LogP contribution in [0.15, 0.2) is 18.2 Å². The number of hydrogen-bond donors (Lipinski definition) is 1. The highest BCUT2D eigenvalue weighted by Crippen LogP contribution is 2.37. The third kappa shape index (κ3) is 2.38. The average Bonchev–Trinajstić information content (AvgIpc) is 3.02. The normalized spacial score (nSPS) is 16.9. The monoisotopic (exact) mass is 305 g/mol. The molecule has 5 heteroatoms. The Hall–Kier alpha value is -0.610. The van der Waals surface area contributed by atoms with Gasteiger partial charge in [-0.05, 0) is 31.0 Å². The lowest BCUT2D eigenvalue weighted by molar-refractivity contribution is 0.0936. The van der Waals surface area contributed by atoms with Crippen LogP contribution >= 0.6 is 27.5 Å². The minimum absolute atomic E-state index is 0.0312. The second-order valence-electron chi connectivity index (χ2n) is 4.00. The van der Waals surface area contributed by atoms with Gasteiger partial charge in [-0.2, -0.15) is 0 Å². The Bertz CT molecular complexity index is 434. The van der Waals surface area contributed by atoms with E-state index in [1.807, 2.05) is 0 Å². The number of rotatable bonds is 3. The second kappa shape index (κ2) is 4.34. The molecule has 2 nitrogen and oxygen atoms in total. The summed E-state index contributed by atoms with van der Waals surface area (Å²) < 4.78 is 12.9. The predicted octanol–water partition coefficient (Wildman–Crippen LogP) is 3.14. The Labute approximate surface area is 106 Å². The molecule has 0 unspecified atom stereocenters. The van der Waals surface area contributed by atoms with Gasteiger partial charge in [0.15, 0.2) is 0 Å². The molecular weight excluding hydrogens is 296 g/mol. The summed E-state index contributed by atoms with van der Waals surface area (Å²) in [5.74, 6) is -0.723. The molecule has 2 rings (SSSR count). The van der Waals surface area contributed by atoms with E-state index in [1.54, 1.807) is 0 Å². The van der Waals surface area contributed by atoms with Crippen LogP contribution in [0.5, 0.6) is 0 Å². The van der Waals surface area contributed by atoms with Gasteiger partial charge in [0.1, 0.15) is 5.82 Å². The van der Waals surface area contributed by atoms with Gasteiger partial charge in [0.05, 0.1) is 10.6 Å². The molecule has 1 fully saturated rings. The van der Waals surface area contributed by atoms with E-state index in [0.717, 1.165) is 18.2 Å². The quantitative estimate of drug-likeness (QED) is 0.854. The highest BCUT2D eigenvalue weighted by atomic mass is 79.9. The molecular formula is C11H10BrClFNO. The number of benzene rings is 1. The summed E-state index contributed by atoms with van der Waals surface area (Å²) in [5, 5.41) is 3.62. The van der Waals surface area contributed by atoms with Crippen molar-refractivity contribution in [3.63, 3.8) is 0 Å². The lowest BCUT2D eigenvalue weighted by atomic mass is 10.2. The van der Waals surface area contributed by atoms with Gasteiger partial charge in [0, 0.05) is 10.9 Å². The first-order chi connectivity index (χ1) is 7.56. The van der Waals surface area contributed by atoms with Crippen LogP contribution in [0.25, 0.3) is 0 Å². The summed E-state index contributed by atoms with van der Waals surface area (Å²) in [5.41, 5.74) is 0.274. The summed E-state index contributed by atoms with van der Waals surface area (Å²) in [4.78, 5) is 11.8. The molecule has 0 spiro atoms. The Morgan fingerprint density at radius 3 is 2.75 bits per heavy atom. The Balaban J connectivity index is 2.12. The lowest BCUT2D eigenvalue weighted by Crippen LogP contribution is -2.38. The third-order valence-electron chi connectivity index (χ3n) is 2.67. The number of carbonyl (C=O) groups is 1. The Morgan fingerprint density at radius 1 is 1.56 bits per heavy atom. The van der Waals surface area contributed by atoms with Crippen molar-refractivity contribution in [2.75, 3.05) is 5.33 Å². The van der Waals surface area contributed by atoms with E-state index in [0.29, 0.717) is 5.56 Å². The molecule has 0 atom stereocenters. The minimum Gasteiger partial charge on any atom is -0.346 e. The highest BCUT2D eigenvalue weighted by Gasteiger charge is 2.42. The summed E-state index contributed by atoms with van der Waals surface area (Å²) in [6.45, 7) is 0. The number of carbonyl (C=O) groups excluding carboxylic acids is 1. The van der Waals surface area contributed by atoms with E-state index >= 15 is 0 Å². The van der Waals surface area contributed by atoms with Crippen molar-refractivity contribution < 1.29 is 9.18 Å². The molecule has 16 heavy (non-hydrogen) atoms. The fourth-order valence-electron chi connectivity index (χ4n) is 1.39. The first kappa shape index (κ1) is 11.9. The average molecular weight is 307 g/mol. The van der Waals surface area contributed by atoms with Gasteiger partial charge in [-0.25, -0.2) is 4.39 Å². The number of nitrogens with one attached hydrogen (secondary N) is 1. The predicted molar refractivity (Wildman–Crippen MR) is 64.6 cm³/mol. The van der Waals surface area contributed by atoms with Gasteiger partial charge in [-0.3, -0.25) is 4.79 Å². The zero-order valence-electron chi connectivity index (χ0n) is 8.40. The smallest absolute Gasteiger partial charge is 0.251 e. The molecule has 0 aromatic heterocycles. The van der Waals surface area contributed by atoms with Gasteiger partial charge in [0.2, 0.25) is 0 Å². The van der Waals surface area contributed by atoms with Crippen LogP contribution in [0.2, 0.25) is 5.02 Å². The Kier molecular flexibility index (Phi) is 3.22. The van der Waals surface area contributed by atoms with Crippen molar-refractivity contribution in [2.24, 2.45) is 0 Å². The van der Waals surface area contributed by atoms with Crippen LogP contribution in [0, 0.1) is 5.82 Å². The molecule has 1 aromatic rings. The van der Waals surface area contributed by atoms with Gasteiger partial charge in [0.25, 0.3) is 5.91 Å². The molecule has 1 saturated carbocycles.